The first kappa shape index (κ1) is 16.9. The Morgan fingerprint density at radius 3 is 2.59 bits per heavy atom. The van der Waals surface area contributed by atoms with Crippen LogP contribution in [-0.4, -0.2) is 55.9 Å². The summed E-state index contributed by atoms with van der Waals surface area (Å²) in [5, 5.41) is 13.2. The molecule has 2 rings (SSSR count). The lowest BCUT2D eigenvalue weighted by molar-refractivity contribution is 0.0289. The molecule has 1 fully saturated rings. The highest BCUT2D eigenvalue weighted by atomic mass is 16.5. The zero-order valence-electron chi connectivity index (χ0n) is 13.6. The molecule has 1 aliphatic heterocycles. The molecule has 0 aliphatic carbocycles. The summed E-state index contributed by atoms with van der Waals surface area (Å²) in [4.78, 5) is 14.5. The number of methoxy groups -OCH3 is 1. The SMILES string of the molecule is COC(=O)c1ccccc1[C@@H](N1CCNCC1)C(C)(C)CO. The fourth-order valence-electron chi connectivity index (χ4n) is 3.17. The van der Waals surface area contributed by atoms with Crippen molar-refractivity contribution in [1.29, 1.82) is 0 Å². The van der Waals surface area contributed by atoms with E-state index in [-0.39, 0.29) is 24.0 Å². The minimum atomic E-state index is -0.360. The summed E-state index contributed by atoms with van der Waals surface area (Å²) < 4.78 is 4.93. The van der Waals surface area contributed by atoms with Gasteiger partial charge in [-0.1, -0.05) is 32.0 Å². The largest absolute Gasteiger partial charge is 0.465 e. The first-order valence-corrected chi connectivity index (χ1v) is 7.74. The molecule has 1 aromatic carbocycles. The molecule has 1 aliphatic rings. The van der Waals surface area contributed by atoms with Gasteiger partial charge in [0.15, 0.2) is 0 Å². The van der Waals surface area contributed by atoms with E-state index in [0.29, 0.717) is 5.56 Å². The van der Waals surface area contributed by atoms with Crippen molar-refractivity contribution in [2.45, 2.75) is 19.9 Å². The summed E-state index contributed by atoms with van der Waals surface area (Å²) in [5.74, 6) is -0.329. The highest BCUT2D eigenvalue weighted by molar-refractivity contribution is 5.91. The Morgan fingerprint density at radius 2 is 2.00 bits per heavy atom. The standard InChI is InChI=1S/C17H26N2O3/c1-17(2,12-20)15(19-10-8-18-9-11-19)13-6-4-5-7-14(13)16(21)22-3/h4-7,15,18,20H,8-12H2,1-3H3/t15-/m1/s1. The molecule has 1 heterocycles. The second kappa shape index (κ2) is 7.22. The van der Waals surface area contributed by atoms with Crippen molar-refractivity contribution in [2.24, 2.45) is 5.41 Å². The minimum absolute atomic E-state index is 0.0325. The zero-order valence-corrected chi connectivity index (χ0v) is 13.6. The molecular weight excluding hydrogens is 280 g/mol. The molecule has 22 heavy (non-hydrogen) atoms. The smallest absolute Gasteiger partial charge is 0.338 e. The highest BCUT2D eigenvalue weighted by Gasteiger charge is 2.37. The maximum Gasteiger partial charge on any atom is 0.338 e. The molecule has 0 aromatic heterocycles. The number of ether oxygens (including phenoxy) is 1. The number of aliphatic hydroxyl groups is 1. The Hall–Kier alpha value is -1.43. The van der Waals surface area contributed by atoms with Crippen molar-refractivity contribution in [1.82, 2.24) is 10.2 Å². The van der Waals surface area contributed by atoms with Crippen LogP contribution < -0.4 is 5.32 Å². The molecule has 0 unspecified atom stereocenters. The van der Waals surface area contributed by atoms with Crippen molar-refractivity contribution in [2.75, 3.05) is 39.9 Å². The van der Waals surface area contributed by atoms with E-state index in [4.69, 9.17) is 4.74 Å². The highest BCUT2D eigenvalue weighted by Crippen LogP contribution is 2.39. The molecule has 1 aromatic rings. The molecule has 5 heteroatoms. The number of benzene rings is 1. The number of carbonyl (C=O) groups is 1. The quantitative estimate of drug-likeness (QED) is 0.806. The first-order chi connectivity index (χ1) is 10.5. The second-order valence-corrected chi connectivity index (χ2v) is 6.41. The van der Waals surface area contributed by atoms with E-state index >= 15 is 0 Å². The van der Waals surface area contributed by atoms with Gasteiger partial charge < -0.3 is 15.2 Å². The fourth-order valence-corrected chi connectivity index (χ4v) is 3.17. The molecule has 0 saturated carbocycles. The normalized spacial score (nSPS) is 18.0. The van der Waals surface area contributed by atoms with Gasteiger partial charge in [0, 0.05) is 44.2 Å². The molecule has 5 nitrogen and oxygen atoms in total. The van der Waals surface area contributed by atoms with Crippen LogP contribution in [0.1, 0.15) is 35.8 Å². The van der Waals surface area contributed by atoms with E-state index in [1.54, 1.807) is 6.07 Å². The van der Waals surface area contributed by atoms with Crippen LogP contribution in [0.15, 0.2) is 24.3 Å². The summed E-state index contributed by atoms with van der Waals surface area (Å²) in [7, 11) is 1.40. The van der Waals surface area contributed by atoms with Crippen LogP contribution >= 0.6 is 0 Å². The topological polar surface area (TPSA) is 61.8 Å². The molecule has 122 valence electrons. The lowest BCUT2D eigenvalue weighted by Crippen LogP contribution is -2.50. The van der Waals surface area contributed by atoms with E-state index in [2.05, 4.69) is 10.2 Å². The summed E-state index contributed by atoms with van der Waals surface area (Å²) in [6, 6.07) is 7.51. The Bertz CT molecular complexity index is 510. The van der Waals surface area contributed by atoms with Gasteiger partial charge in [0.05, 0.1) is 12.7 Å². The van der Waals surface area contributed by atoms with Gasteiger partial charge in [-0.3, -0.25) is 4.90 Å². The van der Waals surface area contributed by atoms with Gasteiger partial charge >= 0.3 is 5.97 Å². The van der Waals surface area contributed by atoms with E-state index in [1.165, 1.54) is 7.11 Å². The maximum absolute atomic E-state index is 12.1. The molecule has 2 N–H and O–H groups in total. The van der Waals surface area contributed by atoms with Crippen LogP contribution in [0.25, 0.3) is 0 Å². The number of nitrogens with zero attached hydrogens (tertiary/aromatic N) is 1. The van der Waals surface area contributed by atoms with Gasteiger partial charge in [-0.05, 0) is 11.6 Å². The molecule has 0 bridgehead atoms. The van der Waals surface area contributed by atoms with Crippen LogP contribution in [0.3, 0.4) is 0 Å². The van der Waals surface area contributed by atoms with Crippen LogP contribution in [0, 0.1) is 5.41 Å². The van der Waals surface area contributed by atoms with Crippen molar-refractivity contribution in [3.8, 4) is 0 Å². The number of nitrogens with one attached hydrogen (secondary N) is 1. The average molecular weight is 306 g/mol. The second-order valence-electron chi connectivity index (χ2n) is 6.41. The molecule has 0 amide bonds. The number of esters is 1. The third-order valence-corrected chi connectivity index (χ3v) is 4.33. The van der Waals surface area contributed by atoms with Crippen molar-refractivity contribution < 1.29 is 14.6 Å². The summed E-state index contributed by atoms with van der Waals surface area (Å²) in [6.07, 6.45) is 0. The number of hydrogen-bond acceptors (Lipinski definition) is 5. The molecule has 0 radical (unpaired) electrons. The van der Waals surface area contributed by atoms with Crippen LogP contribution in [0.4, 0.5) is 0 Å². The lowest BCUT2D eigenvalue weighted by Gasteiger charge is -2.44. The Balaban J connectivity index is 2.47. The van der Waals surface area contributed by atoms with E-state index in [1.807, 2.05) is 32.0 Å². The number of carbonyl (C=O) groups excluding carboxylic acids is 1. The van der Waals surface area contributed by atoms with Gasteiger partial charge in [0.1, 0.15) is 0 Å². The number of hydrogen-bond donors (Lipinski definition) is 2. The van der Waals surface area contributed by atoms with Gasteiger partial charge in [-0.25, -0.2) is 4.79 Å². The van der Waals surface area contributed by atoms with E-state index in [0.717, 1.165) is 31.7 Å². The third kappa shape index (κ3) is 3.48. The summed E-state index contributed by atoms with van der Waals surface area (Å²) in [5.41, 5.74) is 1.15. The predicted octanol–water partition coefficient (Wildman–Crippen LogP) is 1.44. The van der Waals surface area contributed by atoms with Gasteiger partial charge in [-0.2, -0.15) is 0 Å². The van der Waals surface area contributed by atoms with Crippen LogP contribution in [0.5, 0.6) is 0 Å². The molecular formula is C17H26N2O3. The maximum atomic E-state index is 12.1. The van der Waals surface area contributed by atoms with Crippen molar-refractivity contribution in [3.05, 3.63) is 35.4 Å². The Labute approximate surface area is 132 Å². The Kier molecular flexibility index (Phi) is 5.56. The van der Waals surface area contributed by atoms with Crippen LogP contribution in [-0.2, 0) is 4.74 Å². The Morgan fingerprint density at radius 1 is 1.36 bits per heavy atom. The van der Waals surface area contributed by atoms with Crippen molar-refractivity contribution >= 4 is 5.97 Å². The summed E-state index contributed by atoms with van der Waals surface area (Å²) >= 11 is 0. The molecule has 1 saturated heterocycles. The number of piperazine rings is 1. The third-order valence-electron chi connectivity index (χ3n) is 4.33. The monoisotopic (exact) mass is 306 g/mol. The van der Waals surface area contributed by atoms with Gasteiger partial charge in [-0.15, -0.1) is 0 Å². The van der Waals surface area contributed by atoms with Crippen LogP contribution in [0.2, 0.25) is 0 Å². The summed E-state index contributed by atoms with van der Waals surface area (Å²) in [6.45, 7) is 7.74. The fraction of sp³-hybridized carbons (Fsp3) is 0.588. The lowest BCUT2D eigenvalue weighted by atomic mass is 9.78. The minimum Gasteiger partial charge on any atom is -0.465 e. The van der Waals surface area contributed by atoms with E-state index < -0.39 is 0 Å². The first-order valence-electron chi connectivity index (χ1n) is 7.74. The van der Waals surface area contributed by atoms with Crippen molar-refractivity contribution in [3.63, 3.8) is 0 Å². The predicted molar refractivity (Wildman–Crippen MR) is 85.8 cm³/mol. The van der Waals surface area contributed by atoms with E-state index in [9.17, 15) is 9.90 Å². The van der Waals surface area contributed by atoms with Gasteiger partial charge in [0.2, 0.25) is 0 Å². The average Bonchev–Trinajstić information content (AvgIpc) is 2.55. The number of aliphatic hydroxyl groups excluding tert-OH is 1. The van der Waals surface area contributed by atoms with Gasteiger partial charge in [0.25, 0.3) is 0 Å². The number of rotatable bonds is 5. The zero-order chi connectivity index (χ0) is 16.2. The molecule has 1 atom stereocenters. The molecule has 0 spiro atoms.